The van der Waals surface area contributed by atoms with Gasteiger partial charge in [-0.2, -0.15) is 5.26 Å². The molecule has 0 radical (unpaired) electrons. The summed E-state index contributed by atoms with van der Waals surface area (Å²) in [7, 11) is 0. The maximum atomic E-state index is 9.33. The van der Waals surface area contributed by atoms with Crippen molar-refractivity contribution in [1.82, 2.24) is 0 Å². The van der Waals surface area contributed by atoms with E-state index in [1.165, 1.54) is 16.7 Å². The van der Waals surface area contributed by atoms with E-state index in [1.54, 1.807) is 0 Å². The molecule has 0 spiro atoms. The molecule has 17 heavy (non-hydrogen) atoms. The average Bonchev–Trinajstić information content (AvgIpc) is 3.21. The summed E-state index contributed by atoms with van der Waals surface area (Å²) < 4.78 is 0. The summed E-state index contributed by atoms with van der Waals surface area (Å²) in [6.07, 6.45) is 1.99. The lowest BCUT2D eigenvalue weighted by Gasteiger charge is -2.13. The monoisotopic (exact) mass is 219 g/mol. The third kappa shape index (κ3) is 1.62. The van der Waals surface area contributed by atoms with Crippen LogP contribution in [-0.2, 0) is 5.41 Å². The van der Waals surface area contributed by atoms with E-state index in [0.717, 1.165) is 12.8 Å². The molecule has 1 nitrogen and oxygen atoms in total. The van der Waals surface area contributed by atoms with E-state index in [2.05, 4.69) is 30.3 Å². The van der Waals surface area contributed by atoms with Crippen LogP contribution in [0.3, 0.4) is 0 Å². The second kappa shape index (κ2) is 3.75. The van der Waals surface area contributed by atoms with Crippen LogP contribution in [0.1, 0.15) is 18.4 Å². The van der Waals surface area contributed by atoms with E-state index in [1.807, 2.05) is 30.3 Å². The zero-order valence-electron chi connectivity index (χ0n) is 9.56. The van der Waals surface area contributed by atoms with Gasteiger partial charge in [-0.25, -0.2) is 0 Å². The third-order valence-corrected chi connectivity index (χ3v) is 3.49. The standard InChI is InChI=1S/C16H13N/c17-12-16(10-11-16)15-9-5-4-8-14(15)13-6-2-1-3-7-13/h1-9H,10-11H2. The Labute approximate surface area is 101 Å². The molecule has 0 bridgehead atoms. The fourth-order valence-corrected chi connectivity index (χ4v) is 2.34. The van der Waals surface area contributed by atoms with Crippen molar-refractivity contribution in [1.29, 1.82) is 5.26 Å². The van der Waals surface area contributed by atoms with Gasteiger partial charge in [-0.1, -0.05) is 54.6 Å². The summed E-state index contributed by atoms with van der Waals surface area (Å²) in [6.45, 7) is 0. The predicted octanol–water partition coefficient (Wildman–Crippen LogP) is 3.91. The highest BCUT2D eigenvalue weighted by molar-refractivity contribution is 5.70. The minimum Gasteiger partial charge on any atom is -0.197 e. The molecule has 0 saturated heterocycles. The molecule has 0 atom stereocenters. The highest BCUT2D eigenvalue weighted by Gasteiger charge is 2.46. The summed E-state index contributed by atoms with van der Waals surface area (Å²) in [5.74, 6) is 0. The van der Waals surface area contributed by atoms with Gasteiger partial charge in [-0.15, -0.1) is 0 Å². The van der Waals surface area contributed by atoms with E-state index in [4.69, 9.17) is 0 Å². The van der Waals surface area contributed by atoms with Crippen LogP contribution in [0, 0.1) is 11.3 Å². The highest BCUT2D eigenvalue weighted by atomic mass is 14.5. The van der Waals surface area contributed by atoms with Crippen molar-refractivity contribution in [3.8, 4) is 17.2 Å². The summed E-state index contributed by atoms with van der Waals surface area (Å²) in [6, 6.07) is 21.1. The normalized spacial score (nSPS) is 16.2. The Balaban J connectivity index is 2.16. The first-order valence-corrected chi connectivity index (χ1v) is 5.92. The molecular formula is C16H13N. The van der Waals surface area contributed by atoms with Gasteiger partial charge in [-0.05, 0) is 29.5 Å². The van der Waals surface area contributed by atoms with Crippen LogP contribution in [0.4, 0.5) is 0 Å². The Morgan fingerprint density at radius 1 is 0.882 bits per heavy atom. The lowest BCUT2D eigenvalue weighted by molar-refractivity contribution is 0.911. The van der Waals surface area contributed by atoms with Gasteiger partial charge < -0.3 is 0 Å². The molecule has 2 aromatic rings. The first-order chi connectivity index (χ1) is 8.36. The van der Waals surface area contributed by atoms with E-state index in [-0.39, 0.29) is 5.41 Å². The van der Waals surface area contributed by atoms with E-state index >= 15 is 0 Å². The van der Waals surface area contributed by atoms with E-state index in [9.17, 15) is 5.26 Å². The van der Waals surface area contributed by atoms with Gasteiger partial charge in [-0.3, -0.25) is 0 Å². The van der Waals surface area contributed by atoms with E-state index in [0.29, 0.717) is 0 Å². The molecule has 0 N–H and O–H groups in total. The molecule has 3 rings (SSSR count). The smallest absolute Gasteiger partial charge is 0.0829 e. The Bertz CT molecular complexity index is 574. The number of hydrogen-bond acceptors (Lipinski definition) is 1. The van der Waals surface area contributed by atoms with Gasteiger partial charge in [0.15, 0.2) is 0 Å². The molecular weight excluding hydrogens is 206 g/mol. The summed E-state index contributed by atoms with van der Waals surface area (Å²) in [5, 5.41) is 9.33. The zero-order chi connectivity index (χ0) is 11.7. The molecule has 0 aromatic heterocycles. The van der Waals surface area contributed by atoms with Crippen molar-refractivity contribution >= 4 is 0 Å². The van der Waals surface area contributed by atoms with Crippen molar-refractivity contribution in [2.24, 2.45) is 0 Å². The number of benzene rings is 2. The maximum absolute atomic E-state index is 9.33. The number of nitriles is 1. The molecule has 0 unspecified atom stereocenters. The lowest BCUT2D eigenvalue weighted by Crippen LogP contribution is -2.04. The van der Waals surface area contributed by atoms with Crippen LogP contribution >= 0.6 is 0 Å². The first-order valence-electron chi connectivity index (χ1n) is 5.92. The zero-order valence-corrected chi connectivity index (χ0v) is 9.56. The van der Waals surface area contributed by atoms with Crippen molar-refractivity contribution in [2.45, 2.75) is 18.3 Å². The lowest BCUT2D eigenvalue weighted by atomic mass is 9.89. The molecule has 1 aliphatic carbocycles. The number of hydrogen-bond donors (Lipinski definition) is 0. The molecule has 0 heterocycles. The number of rotatable bonds is 2. The molecule has 1 aliphatic rings. The molecule has 2 aromatic carbocycles. The van der Waals surface area contributed by atoms with Crippen LogP contribution in [0.2, 0.25) is 0 Å². The topological polar surface area (TPSA) is 23.8 Å². The van der Waals surface area contributed by atoms with Gasteiger partial charge in [0.1, 0.15) is 0 Å². The maximum Gasteiger partial charge on any atom is 0.0829 e. The Kier molecular flexibility index (Phi) is 2.23. The predicted molar refractivity (Wildman–Crippen MR) is 68.4 cm³/mol. The second-order valence-corrected chi connectivity index (χ2v) is 4.61. The Morgan fingerprint density at radius 3 is 2.18 bits per heavy atom. The minimum absolute atomic E-state index is 0.216. The van der Waals surface area contributed by atoms with Gasteiger partial charge >= 0.3 is 0 Å². The van der Waals surface area contributed by atoms with Crippen molar-refractivity contribution in [3.05, 3.63) is 60.2 Å². The second-order valence-electron chi connectivity index (χ2n) is 4.61. The number of nitrogens with zero attached hydrogens (tertiary/aromatic N) is 1. The summed E-state index contributed by atoms with van der Waals surface area (Å²) in [5.41, 5.74) is 3.37. The van der Waals surface area contributed by atoms with E-state index < -0.39 is 0 Å². The molecule has 1 saturated carbocycles. The molecule has 0 amide bonds. The largest absolute Gasteiger partial charge is 0.197 e. The van der Waals surface area contributed by atoms with Gasteiger partial charge in [0.2, 0.25) is 0 Å². The van der Waals surface area contributed by atoms with Crippen molar-refractivity contribution in [3.63, 3.8) is 0 Å². The van der Waals surface area contributed by atoms with Gasteiger partial charge in [0.25, 0.3) is 0 Å². The van der Waals surface area contributed by atoms with Crippen LogP contribution in [0.5, 0.6) is 0 Å². The quantitative estimate of drug-likeness (QED) is 0.751. The van der Waals surface area contributed by atoms with Gasteiger partial charge in [0.05, 0.1) is 11.5 Å². The van der Waals surface area contributed by atoms with Crippen molar-refractivity contribution in [2.75, 3.05) is 0 Å². The van der Waals surface area contributed by atoms with Crippen molar-refractivity contribution < 1.29 is 0 Å². The third-order valence-electron chi connectivity index (χ3n) is 3.49. The van der Waals surface area contributed by atoms with Crippen LogP contribution in [0.25, 0.3) is 11.1 Å². The molecule has 1 fully saturated rings. The van der Waals surface area contributed by atoms with Crippen LogP contribution in [0.15, 0.2) is 54.6 Å². The summed E-state index contributed by atoms with van der Waals surface area (Å²) in [4.78, 5) is 0. The fourth-order valence-electron chi connectivity index (χ4n) is 2.34. The van der Waals surface area contributed by atoms with Crippen LogP contribution in [-0.4, -0.2) is 0 Å². The van der Waals surface area contributed by atoms with Gasteiger partial charge in [0, 0.05) is 0 Å². The average molecular weight is 219 g/mol. The molecule has 1 heteroatoms. The Hall–Kier alpha value is -2.07. The minimum atomic E-state index is -0.216. The SMILES string of the molecule is N#CC1(c2ccccc2-c2ccccc2)CC1. The summed E-state index contributed by atoms with van der Waals surface area (Å²) >= 11 is 0. The fraction of sp³-hybridized carbons (Fsp3) is 0.188. The van der Waals surface area contributed by atoms with Crippen LogP contribution < -0.4 is 0 Å². The first kappa shape index (κ1) is 10.1. The highest BCUT2D eigenvalue weighted by Crippen LogP contribution is 2.50. The Morgan fingerprint density at radius 2 is 1.53 bits per heavy atom. The molecule has 0 aliphatic heterocycles. The molecule has 82 valence electrons.